The van der Waals surface area contributed by atoms with Crippen LogP contribution < -0.4 is 24.8 Å². The molecule has 204 valence electrons. The molecule has 0 nitrogen and oxygen atoms in total. The van der Waals surface area contributed by atoms with Crippen molar-refractivity contribution in [1.82, 2.24) is 0 Å². The van der Waals surface area contributed by atoms with Crippen LogP contribution in [0.1, 0.15) is 51.3 Å². The average Bonchev–Trinajstić information content (AvgIpc) is 3.48. The van der Waals surface area contributed by atoms with Gasteiger partial charge in [0.1, 0.15) is 0 Å². The van der Waals surface area contributed by atoms with Gasteiger partial charge in [0, 0.05) is 0 Å². The summed E-state index contributed by atoms with van der Waals surface area (Å²) in [6.07, 6.45) is 5.66. The van der Waals surface area contributed by atoms with Crippen LogP contribution in [0.5, 0.6) is 0 Å². The zero-order valence-electron chi connectivity index (χ0n) is 23.9. The molecule has 40 heavy (non-hydrogen) atoms. The van der Waals surface area contributed by atoms with E-state index in [4.69, 9.17) is 0 Å². The minimum absolute atomic E-state index is 0. The second-order valence-corrected chi connectivity index (χ2v) is 11.5. The molecule has 1 atom stereocenters. The molecule has 1 aliphatic carbocycles. The number of rotatable bonds is 2. The quantitative estimate of drug-likeness (QED) is 0.257. The summed E-state index contributed by atoms with van der Waals surface area (Å²) in [7, 11) is 0. The summed E-state index contributed by atoms with van der Waals surface area (Å²) in [5, 5.41) is 5.39. The van der Waals surface area contributed by atoms with E-state index >= 15 is 0 Å². The fourth-order valence-corrected chi connectivity index (χ4v) is 5.22. The van der Waals surface area contributed by atoms with Crippen LogP contribution in [-0.4, -0.2) is 3.71 Å². The molecule has 0 radical (unpaired) electrons. The van der Waals surface area contributed by atoms with Gasteiger partial charge in [-0.3, -0.25) is 6.08 Å². The SMILES string of the molecule is CC(C)(C)c1ccc([CH]=[Zr+2])cc1.CC1=[C-]C(C)C=C1c1ccccc1.[Cl-].[Cl-].c1ccc2c(c1)[cH-]c1ccccc12. The molecule has 0 aromatic heterocycles. The van der Waals surface area contributed by atoms with Crippen molar-refractivity contribution < 1.29 is 49.0 Å². The van der Waals surface area contributed by atoms with Gasteiger partial charge in [-0.1, -0.05) is 86.5 Å². The average molecular weight is 643 g/mol. The molecule has 1 unspecified atom stereocenters. The van der Waals surface area contributed by atoms with Gasteiger partial charge in [0.2, 0.25) is 0 Å². The van der Waals surface area contributed by atoms with E-state index in [1.807, 2.05) is 6.07 Å². The van der Waals surface area contributed by atoms with Gasteiger partial charge in [0.05, 0.1) is 0 Å². The number of hydrogen-bond acceptors (Lipinski definition) is 0. The number of hydrogen-bond donors (Lipinski definition) is 0. The van der Waals surface area contributed by atoms with Gasteiger partial charge < -0.3 is 24.8 Å². The first-order valence-corrected chi connectivity index (χ1v) is 14.7. The van der Waals surface area contributed by atoms with Crippen molar-refractivity contribution in [2.75, 3.05) is 0 Å². The summed E-state index contributed by atoms with van der Waals surface area (Å²) in [6.45, 7) is 11.0. The third-order valence-electron chi connectivity index (χ3n) is 6.82. The molecule has 0 saturated carbocycles. The summed E-state index contributed by atoms with van der Waals surface area (Å²) >= 11 is 1.46. The number of fused-ring (bicyclic) bond motifs is 3. The molecule has 0 amide bonds. The van der Waals surface area contributed by atoms with Crippen molar-refractivity contribution in [2.45, 2.75) is 40.0 Å². The molecule has 0 fully saturated rings. The Kier molecular flexibility index (Phi) is 13.1. The molecule has 0 heterocycles. The molecule has 0 N–H and O–H groups in total. The number of benzene rings is 4. The topological polar surface area (TPSA) is 0 Å². The van der Waals surface area contributed by atoms with Crippen molar-refractivity contribution in [1.29, 1.82) is 0 Å². The van der Waals surface area contributed by atoms with Crippen molar-refractivity contribution in [3.63, 3.8) is 0 Å². The summed E-state index contributed by atoms with van der Waals surface area (Å²) < 4.78 is 2.21. The van der Waals surface area contributed by atoms with E-state index < -0.39 is 0 Å². The van der Waals surface area contributed by atoms with E-state index in [2.05, 4.69) is 154 Å². The van der Waals surface area contributed by atoms with E-state index in [0.717, 1.165) is 0 Å². The van der Waals surface area contributed by atoms with Crippen LogP contribution in [0, 0.1) is 12.0 Å². The monoisotopic (exact) mass is 640 g/mol. The Hall–Kier alpha value is -2.44. The number of allylic oxidation sites excluding steroid dienone is 4. The van der Waals surface area contributed by atoms with Crippen LogP contribution in [0.4, 0.5) is 0 Å². The Bertz CT molecular complexity index is 1520. The largest absolute Gasteiger partial charge is 1.00 e. The summed E-state index contributed by atoms with van der Waals surface area (Å²) in [5.74, 6) is 0.468. The third kappa shape index (κ3) is 8.78. The van der Waals surface area contributed by atoms with Crippen LogP contribution in [0.2, 0.25) is 0 Å². The molecule has 0 spiro atoms. The Morgan fingerprint density at radius 2 is 1.23 bits per heavy atom. The standard InChI is InChI=1S/C13H9.C13H13.C11H14.2ClH.Zr/c1-3-7-12-10(5-1)9-11-6-2-4-8-13(11)12;1-10-8-11(2)13(9-10)12-6-4-3-5-7-12;1-9-5-7-10(8-6-9)11(2,3)4;;;/h1-9H;3-7,9-10H,1-2H3;1,5-8H,2-4H3;2*1H;/q2*-1;;;;+2/p-2. The van der Waals surface area contributed by atoms with Crippen molar-refractivity contribution in [2.24, 2.45) is 5.92 Å². The smallest absolute Gasteiger partial charge is 0.0623 e. The zero-order valence-corrected chi connectivity index (χ0v) is 27.9. The molecule has 1 aliphatic rings. The van der Waals surface area contributed by atoms with Gasteiger partial charge in [0.15, 0.2) is 0 Å². The molecule has 0 aliphatic heterocycles. The molecule has 6 rings (SSSR count). The Morgan fingerprint density at radius 3 is 1.68 bits per heavy atom. The molecule has 5 aromatic carbocycles. The van der Waals surface area contributed by atoms with Crippen molar-refractivity contribution in [3.05, 3.63) is 144 Å². The van der Waals surface area contributed by atoms with Crippen molar-refractivity contribution in [3.8, 4) is 0 Å². The molecule has 0 saturated heterocycles. The van der Waals surface area contributed by atoms with Crippen LogP contribution in [0.15, 0.2) is 121 Å². The predicted molar refractivity (Wildman–Crippen MR) is 163 cm³/mol. The molecular formula is C37H36Cl2Zr-2. The Labute approximate surface area is 267 Å². The molecular weight excluding hydrogens is 607 g/mol. The first kappa shape index (κ1) is 33.8. The number of halogens is 2. The first-order valence-electron chi connectivity index (χ1n) is 13.3. The van der Waals surface area contributed by atoms with E-state index in [0.29, 0.717) is 5.92 Å². The van der Waals surface area contributed by atoms with Crippen molar-refractivity contribution >= 4 is 30.8 Å². The maximum Gasteiger partial charge on any atom is -0.0623 e. The summed E-state index contributed by atoms with van der Waals surface area (Å²) in [5.41, 5.74) is 6.94. The predicted octanol–water partition coefficient (Wildman–Crippen LogP) is 3.87. The normalized spacial score (nSPS) is 13.9. The summed E-state index contributed by atoms with van der Waals surface area (Å²) in [4.78, 5) is 0. The second kappa shape index (κ2) is 15.5. The van der Waals surface area contributed by atoms with Gasteiger partial charge in [-0.05, 0) is 0 Å². The Balaban J connectivity index is 0.000000205. The first-order chi connectivity index (χ1) is 18.3. The maximum absolute atomic E-state index is 3.39. The molecule has 3 heteroatoms. The minimum atomic E-state index is 0. The third-order valence-corrected chi connectivity index (χ3v) is 7.64. The zero-order chi connectivity index (χ0) is 27.1. The van der Waals surface area contributed by atoms with Gasteiger partial charge in [0.25, 0.3) is 0 Å². The van der Waals surface area contributed by atoms with Gasteiger partial charge in [-0.25, -0.2) is 5.57 Å². The van der Waals surface area contributed by atoms with Gasteiger partial charge in [-0.15, -0.1) is 45.3 Å². The van der Waals surface area contributed by atoms with E-state index in [1.165, 1.54) is 73.6 Å². The molecule has 0 bridgehead atoms. The van der Waals surface area contributed by atoms with E-state index in [1.54, 1.807) is 0 Å². The molecule has 5 aromatic rings. The van der Waals surface area contributed by atoms with E-state index in [-0.39, 0.29) is 30.2 Å². The fraction of sp³-hybridized carbons (Fsp3) is 0.189. The van der Waals surface area contributed by atoms with Crippen LogP contribution in [0.25, 0.3) is 27.1 Å². The second-order valence-electron chi connectivity index (χ2n) is 10.8. The van der Waals surface area contributed by atoms with Gasteiger partial charge in [-0.2, -0.15) is 11.6 Å². The van der Waals surface area contributed by atoms with E-state index in [9.17, 15) is 0 Å². The fourth-order valence-electron chi connectivity index (χ4n) is 4.75. The Morgan fingerprint density at radius 1 is 0.725 bits per heavy atom. The van der Waals surface area contributed by atoms with Crippen LogP contribution in [-0.2, 0) is 29.7 Å². The van der Waals surface area contributed by atoms with Crippen LogP contribution >= 0.6 is 0 Å². The van der Waals surface area contributed by atoms with Crippen LogP contribution in [0.3, 0.4) is 0 Å². The maximum atomic E-state index is 3.39. The van der Waals surface area contributed by atoms with Gasteiger partial charge >= 0.3 is 89.5 Å². The summed E-state index contributed by atoms with van der Waals surface area (Å²) in [6, 6.07) is 38.6. The minimum Gasteiger partial charge on any atom is -1.00 e.